The number of nitrogens with one attached hydrogen (secondary N) is 1. The lowest BCUT2D eigenvalue weighted by atomic mass is 10.1. The van der Waals surface area contributed by atoms with Crippen LogP contribution in [0.1, 0.15) is 16.7 Å². The van der Waals surface area contributed by atoms with E-state index in [4.69, 9.17) is 4.74 Å². The molecule has 4 rings (SSSR count). The Bertz CT molecular complexity index is 1100. The number of halogens is 1. The molecule has 1 N–H and O–H groups in total. The number of methoxy groups -OCH3 is 1. The van der Waals surface area contributed by atoms with Crippen LogP contribution in [-0.2, 0) is 19.5 Å². The number of para-hydroxylation sites is 2. The fourth-order valence-corrected chi connectivity index (χ4v) is 3.76. The summed E-state index contributed by atoms with van der Waals surface area (Å²) in [6.07, 6.45) is 3.03. The molecular weight excluding hydrogens is 363 g/mol. The standard InChI is InChI=1S/C25H25FN2O/c1-29-25-13-7-3-8-19(25)14-15-27-16-21-18-28(24-12-6-4-10-22(21)24)17-20-9-2-5-11-23(20)26/h2-13,18,27H,14-17H2,1H3. The van der Waals surface area contributed by atoms with Crippen LogP contribution >= 0.6 is 0 Å². The van der Waals surface area contributed by atoms with E-state index in [0.29, 0.717) is 12.1 Å². The van der Waals surface area contributed by atoms with Crippen molar-refractivity contribution in [1.29, 1.82) is 0 Å². The van der Waals surface area contributed by atoms with Crippen molar-refractivity contribution in [3.63, 3.8) is 0 Å². The minimum atomic E-state index is -0.165. The maximum absolute atomic E-state index is 14.1. The van der Waals surface area contributed by atoms with Gasteiger partial charge < -0.3 is 14.6 Å². The second-order valence-corrected chi connectivity index (χ2v) is 7.13. The first-order valence-corrected chi connectivity index (χ1v) is 9.89. The predicted molar refractivity (Wildman–Crippen MR) is 116 cm³/mol. The predicted octanol–water partition coefficient (Wildman–Crippen LogP) is 5.17. The highest BCUT2D eigenvalue weighted by atomic mass is 19.1. The van der Waals surface area contributed by atoms with E-state index >= 15 is 0 Å². The molecule has 0 aliphatic heterocycles. The Morgan fingerprint density at radius 2 is 1.59 bits per heavy atom. The molecule has 0 saturated carbocycles. The van der Waals surface area contributed by atoms with E-state index in [2.05, 4.69) is 34.3 Å². The highest BCUT2D eigenvalue weighted by Gasteiger charge is 2.10. The van der Waals surface area contributed by atoms with Gasteiger partial charge in [0.05, 0.1) is 13.7 Å². The Hall–Kier alpha value is -3.11. The van der Waals surface area contributed by atoms with E-state index in [9.17, 15) is 4.39 Å². The van der Waals surface area contributed by atoms with E-state index in [0.717, 1.165) is 30.8 Å². The molecule has 0 radical (unpaired) electrons. The first-order valence-electron chi connectivity index (χ1n) is 9.89. The largest absolute Gasteiger partial charge is 0.496 e. The third kappa shape index (κ3) is 4.33. The van der Waals surface area contributed by atoms with Crippen molar-refractivity contribution in [1.82, 2.24) is 9.88 Å². The number of benzene rings is 3. The summed E-state index contributed by atoms with van der Waals surface area (Å²) >= 11 is 0. The second kappa shape index (κ2) is 8.93. The topological polar surface area (TPSA) is 26.2 Å². The van der Waals surface area contributed by atoms with Gasteiger partial charge in [0.25, 0.3) is 0 Å². The Kier molecular flexibility index (Phi) is 5.92. The van der Waals surface area contributed by atoms with Crippen molar-refractivity contribution in [3.05, 3.63) is 102 Å². The summed E-state index contributed by atoms with van der Waals surface area (Å²) in [6.45, 7) is 2.14. The monoisotopic (exact) mass is 388 g/mol. The van der Waals surface area contributed by atoms with Crippen molar-refractivity contribution >= 4 is 10.9 Å². The van der Waals surface area contributed by atoms with Gasteiger partial charge in [-0.25, -0.2) is 4.39 Å². The van der Waals surface area contributed by atoms with Gasteiger partial charge >= 0.3 is 0 Å². The van der Waals surface area contributed by atoms with Crippen LogP contribution < -0.4 is 10.1 Å². The quantitative estimate of drug-likeness (QED) is 0.422. The maximum atomic E-state index is 14.1. The molecule has 0 spiro atoms. The number of ether oxygens (including phenoxy) is 1. The van der Waals surface area contributed by atoms with Crippen LogP contribution in [0.3, 0.4) is 0 Å². The molecule has 3 nitrogen and oxygen atoms in total. The summed E-state index contributed by atoms with van der Waals surface area (Å²) in [5, 5.41) is 4.74. The summed E-state index contributed by atoms with van der Waals surface area (Å²) in [6, 6.07) is 23.4. The first-order chi connectivity index (χ1) is 14.3. The van der Waals surface area contributed by atoms with Crippen LogP contribution in [0.15, 0.2) is 79.0 Å². The molecule has 1 aromatic heterocycles. The third-order valence-corrected chi connectivity index (χ3v) is 5.25. The lowest BCUT2D eigenvalue weighted by Gasteiger charge is -2.08. The number of nitrogens with zero attached hydrogens (tertiary/aromatic N) is 1. The minimum Gasteiger partial charge on any atom is -0.496 e. The molecule has 29 heavy (non-hydrogen) atoms. The summed E-state index contributed by atoms with van der Waals surface area (Å²) in [7, 11) is 1.71. The molecule has 1 heterocycles. The van der Waals surface area contributed by atoms with Crippen LogP contribution in [0, 0.1) is 5.82 Å². The number of fused-ring (bicyclic) bond motifs is 1. The van der Waals surface area contributed by atoms with Crippen molar-refractivity contribution in [3.8, 4) is 5.75 Å². The van der Waals surface area contributed by atoms with Gasteiger partial charge in [-0.05, 0) is 42.3 Å². The molecule has 0 saturated heterocycles. The first kappa shape index (κ1) is 19.2. The molecule has 0 atom stereocenters. The Labute approximate surface area is 170 Å². The molecule has 0 unspecified atom stereocenters. The molecule has 3 aromatic carbocycles. The van der Waals surface area contributed by atoms with Crippen LogP contribution in [-0.4, -0.2) is 18.2 Å². The van der Waals surface area contributed by atoms with Gasteiger partial charge in [0.2, 0.25) is 0 Å². The molecule has 4 aromatic rings. The molecule has 0 amide bonds. The van der Waals surface area contributed by atoms with Gasteiger partial charge in [0, 0.05) is 29.2 Å². The van der Waals surface area contributed by atoms with E-state index in [1.807, 2.05) is 42.5 Å². The summed E-state index contributed by atoms with van der Waals surface area (Å²) < 4.78 is 21.7. The molecule has 0 aliphatic rings. The average molecular weight is 388 g/mol. The SMILES string of the molecule is COc1ccccc1CCNCc1cn(Cc2ccccc2F)c2ccccc12. The second-order valence-electron chi connectivity index (χ2n) is 7.13. The average Bonchev–Trinajstić information content (AvgIpc) is 3.11. The number of hydrogen-bond donors (Lipinski definition) is 1. The van der Waals surface area contributed by atoms with Crippen molar-refractivity contribution < 1.29 is 9.13 Å². The van der Waals surface area contributed by atoms with Crippen LogP contribution in [0.5, 0.6) is 5.75 Å². The highest BCUT2D eigenvalue weighted by Crippen LogP contribution is 2.23. The van der Waals surface area contributed by atoms with Crippen LogP contribution in [0.4, 0.5) is 4.39 Å². The molecule has 0 bridgehead atoms. The summed E-state index contributed by atoms with van der Waals surface area (Å²) in [5.74, 6) is 0.762. The highest BCUT2D eigenvalue weighted by molar-refractivity contribution is 5.84. The van der Waals surface area contributed by atoms with E-state index in [1.54, 1.807) is 13.2 Å². The van der Waals surface area contributed by atoms with Crippen molar-refractivity contribution in [2.75, 3.05) is 13.7 Å². The van der Waals surface area contributed by atoms with E-state index < -0.39 is 0 Å². The van der Waals surface area contributed by atoms with Crippen LogP contribution in [0.2, 0.25) is 0 Å². The van der Waals surface area contributed by atoms with Crippen molar-refractivity contribution in [2.45, 2.75) is 19.5 Å². The maximum Gasteiger partial charge on any atom is 0.128 e. The zero-order valence-corrected chi connectivity index (χ0v) is 16.6. The van der Waals surface area contributed by atoms with E-state index in [-0.39, 0.29) is 5.82 Å². The molecular formula is C25H25FN2O. The Morgan fingerprint density at radius 3 is 2.41 bits per heavy atom. The van der Waals surface area contributed by atoms with Crippen LogP contribution in [0.25, 0.3) is 10.9 Å². The van der Waals surface area contributed by atoms with Gasteiger partial charge in [0.1, 0.15) is 11.6 Å². The lowest BCUT2D eigenvalue weighted by Crippen LogP contribution is -2.16. The third-order valence-electron chi connectivity index (χ3n) is 5.25. The van der Waals surface area contributed by atoms with Crippen molar-refractivity contribution in [2.24, 2.45) is 0 Å². The molecule has 0 fully saturated rings. The lowest BCUT2D eigenvalue weighted by molar-refractivity contribution is 0.409. The van der Waals surface area contributed by atoms with E-state index in [1.165, 1.54) is 22.6 Å². The number of hydrogen-bond acceptors (Lipinski definition) is 2. The summed E-state index contributed by atoms with van der Waals surface area (Å²) in [5.41, 5.74) is 4.24. The number of rotatable bonds is 8. The smallest absolute Gasteiger partial charge is 0.128 e. The zero-order chi connectivity index (χ0) is 20.1. The van der Waals surface area contributed by atoms with Gasteiger partial charge in [-0.15, -0.1) is 0 Å². The molecule has 148 valence electrons. The van der Waals surface area contributed by atoms with Gasteiger partial charge in [-0.1, -0.05) is 54.6 Å². The normalized spacial score (nSPS) is 11.1. The Balaban J connectivity index is 1.47. The zero-order valence-electron chi connectivity index (χ0n) is 16.6. The fraction of sp³-hybridized carbons (Fsp3) is 0.200. The number of aromatic nitrogens is 1. The van der Waals surface area contributed by atoms with Gasteiger partial charge in [-0.2, -0.15) is 0 Å². The Morgan fingerprint density at radius 1 is 0.862 bits per heavy atom. The molecule has 4 heteroatoms. The minimum absolute atomic E-state index is 0.165. The summed E-state index contributed by atoms with van der Waals surface area (Å²) in [4.78, 5) is 0. The molecule has 0 aliphatic carbocycles. The van der Waals surface area contributed by atoms with Gasteiger partial charge in [-0.3, -0.25) is 0 Å². The van der Waals surface area contributed by atoms with Gasteiger partial charge in [0.15, 0.2) is 0 Å². The fourth-order valence-electron chi connectivity index (χ4n) is 3.76.